The summed E-state index contributed by atoms with van der Waals surface area (Å²) < 4.78 is 0. The normalized spacial score (nSPS) is 11.0. The Morgan fingerprint density at radius 1 is 0.867 bits per heavy atom. The molecule has 0 spiro atoms. The molecule has 0 unspecified atom stereocenters. The lowest BCUT2D eigenvalue weighted by molar-refractivity contribution is 0.112. The number of carbonyl (C=O) groups excluding carboxylic acids is 1. The van der Waals surface area contributed by atoms with Gasteiger partial charge in [0.2, 0.25) is 0 Å². The minimum atomic E-state index is 0.638. The van der Waals surface area contributed by atoms with Crippen molar-refractivity contribution < 1.29 is 4.79 Å². The number of nitrogens with zero attached hydrogens (tertiary/aromatic N) is 2. The Morgan fingerprint density at radius 3 is 2.50 bits per heavy atom. The van der Waals surface area contributed by atoms with Crippen LogP contribution in [0, 0.1) is 6.92 Å². The fourth-order valence-electron chi connectivity index (χ4n) is 3.86. The number of nitrogens with one attached hydrogen (secondary N) is 1. The van der Waals surface area contributed by atoms with Gasteiger partial charge in [0.25, 0.3) is 0 Å². The molecule has 144 valence electrons. The first-order chi connectivity index (χ1) is 14.7. The average Bonchev–Trinajstić information content (AvgIpc) is 3.24. The van der Waals surface area contributed by atoms with Crippen molar-refractivity contribution in [1.82, 2.24) is 15.0 Å². The van der Waals surface area contributed by atoms with Crippen LogP contribution in [0.3, 0.4) is 0 Å². The third kappa shape index (κ3) is 3.08. The summed E-state index contributed by atoms with van der Waals surface area (Å²) in [5.41, 5.74) is 6.37. The van der Waals surface area contributed by atoms with E-state index in [2.05, 4.69) is 35.1 Å². The van der Waals surface area contributed by atoms with Crippen LogP contribution in [0.15, 0.2) is 85.2 Å². The number of aryl methyl sites for hydroxylation is 1. The zero-order valence-electron chi connectivity index (χ0n) is 16.5. The lowest BCUT2D eigenvalue weighted by Crippen LogP contribution is -1.91. The highest BCUT2D eigenvalue weighted by molar-refractivity contribution is 6.04. The summed E-state index contributed by atoms with van der Waals surface area (Å²) in [6, 6.07) is 24.1. The van der Waals surface area contributed by atoms with Gasteiger partial charge in [-0.05, 0) is 42.0 Å². The number of H-pyrrole nitrogens is 1. The molecule has 0 saturated carbocycles. The zero-order chi connectivity index (χ0) is 20.5. The standard InChI is InChI=1S/C26H19N3O/c1-17-5-4-7-20(15-17)25-24(19-11-13-27-14-12-19)28-26(29-25)22-10-9-18-6-2-3-8-21(18)23(22)16-30/h2-16H,1H3,(H,28,29). The molecule has 0 aliphatic heterocycles. The van der Waals surface area contributed by atoms with Crippen LogP contribution >= 0.6 is 0 Å². The third-order valence-electron chi connectivity index (χ3n) is 5.31. The highest BCUT2D eigenvalue weighted by Gasteiger charge is 2.18. The summed E-state index contributed by atoms with van der Waals surface area (Å²) in [6.07, 6.45) is 4.45. The van der Waals surface area contributed by atoms with Crippen molar-refractivity contribution in [2.75, 3.05) is 0 Å². The fraction of sp³-hybridized carbons (Fsp3) is 0.0385. The summed E-state index contributed by atoms with van der Waals surface area (Å²) in [4.78, 5) is 24.6. The zero-order valence-corrected chi connectivity index (χ0v) is 16.5. The minimum Gasteiger partial charge on any atom is -0.337 e. The molecule has 5 rings (SSSR count). The van der Waals surface area contributed by atoms with Gasteiger partial charge in [-0.15, -0.1) is 0 Å². The first kappa shape index (κ1) is 18.0. The van der Waals surface area contributed by atoms with Crippen LogP contribution in [0.5, 0.6) is 0 Å². The van der Waals surface area contributed by atoms with Crippen LogP contribution in [-0.2, 0) is 0 Å². The van der Waals surface area contributed by atoms with Gasteiger partial charge in [-0.25, -0.2) is 4.98 Å². The van der Waals surface area contributed by atoms with E-state index in [0.29, 0.717) is 11.4 Å². The van der Waals surface area contributed by atoms with Crippen molar-refractivity contribution in [3.63, 3.8) is 0 Å². The molecule has 0 bridgehead atoms. The van der Waals surface area contributed by atoms with E-state index in [1.807, 2.05) is 54.6 Å². The first-order valence-electron chi connectivity index (χ1n) is 9.79. The van der Waals surface area contributed by atoms with E-state index in [0.717, 1.165) is 50.7 Å². The molecule has 4 nitrogen and oxygen atoms in total. The van der Waals surface area contributed by atoms with Crippen molar-refractivity contribution in [2.24, 2.45) is 0 Å². The first-order valence-corrected chi connectivity index (χ1v) is 9.79. The number of aromatic nitrogens is 3. The van der Waals surface area contributed by atoms with Gasteiger partial charge in [0.15, 0.2) is 6.29 Å². The molecule has 4 heteroatoms. The van der Waals surface area contributed by atoms with Crippen LogP contribution < -0.4 is 0 Å². The molecule has 2 aromatic heterocycles. The van der Waals surface area contributed by atoms with Gasteiger partial charge in [-0.3, -0.25) is 9.78 Å². The Hall–Kier alpha value is -4.05. The lowest BCUT2D eigenvalue weighted by Gasteiger charge is -2.06. The summed E-state index contributed by atoms with van der Waals surface area (Å²) in [7, 11) is 0. The number of aldehydes is 1. The molecular weight excluding hydrogens is 370 g/mol. The van der Waals surface area contributed by atoms with Crippen LogP contribution in [0.2, 0.25) is 0 Å². The largest absolute Gasteiger partial charge is 0.337 e. The molecule has 0 saturated heterocycles. The molecular formula is C26H19N3O. The fourth-order valence-corrected chi connectivity index (χ4v) is 3.86. The number of pyridine rings is 1. The van der Waals surface area contributed by atoms with Crippen molar-refractivity contribution in [3.8, 4) is 33.9 Å². The van der Waals surface area contributed by atoms with Crippen molar-refractivity contribution in [2.45, 2.75) is 6.92 Å². The second-order valence-corrected chi connectivity index (χ2v) is 7.28. The second-order valence-electron chi connectivity index (χ2n) is 7.28. The second kappa shape index (κ2) is 7.41. The smallest absolute Gasteiger partial charge is 0.151 e. The Labute approximate surface area is 174 Å². The number of fused-ring (bicyclic) bond motifs is 1. The van der Waals surface area contributed by atoms with E-state index in [-0.39, 0.29) is 0 Å². The van der Waals surface area contributed by atoms with E-state index < -0.39 is 0 Å². The highest BCUT2D eigenvalue weighted by Crippen LogP contribution is 2.35. The number of carbonyl (C=O) groups is 1. The van der Waals surface area contributed by atoms with Crippen molar-refractivity contribution in [1.29, 1.82) is 0 Å². The molecule has 2 heterocycles. The SMILES string of the molecule is Cc1cccc(-c2nc(-c3ccc4ccccc4c3C=O)[nH]c2-c2ccncc2)c1. The molecule has 0 radical (unpaired) electrons. The summed E-state index contributed by atoms with van der Waals surface area (Å²) in [5.74, 6) is 0.672. The Morgan fingerprint density at radius 2 is 1.70 bits per heavy atom. The topological polar surface area (TPSA) is 58.6 Å². The number of aromatic amines is 1. The molecule has 1 N–H and O–H groups in total. The monoisotopic (exact) mass is 389 g/mol. The van der Waals surface area contributed by atoms with Gasteiger partial charge < -0.3 is 4.98 Å². The van der Waals surface area contributed by atoms with Gasteiger partial charge in [0.1, 0.15) is 5.82 Å². The van der Waals surface area contributed by atoms with E-state index in [9.17, 15) is 4.79 Å². The number of rotatable bonds is 4. The van der Waals surface area contributed by atoms with Gasteiger partial charge in [0.05, 0.1) is 11.4 Å². The van der Waals surface area contributed by atoms with Crippen LogP contribution in [0.25, 0.3) is 44.7 Å². The number of hydrogen-bond donors (Lipinski definition) is 1. The molecule has 0 amide bonds. The van der Waals surface area contributed by atoms with E-state index >= 15 is 0 Å². The van der Waals surface area contributed by atoms with Gasteiger partial charge >= 0.3 is 0 Å². The van der Waals surface area contributed by atoms with Crippen molar-refractivity contribution >= 4 is 17.1 Å². The molecule has 0 fully saturated rings. The van der Waals surface area contributed by atoms with E-state index in [1.54, 1.807) is 12.4 Å². The van der Waals surface area contributed by atoms with Crippen molar-refractivity contribution in [3.05, 3.63) is 96.3 Å². The number of benzene rings is 3. The quantitative estimate of drug-likeness (QED) is 0.379. The average molecular weight is 389 g/mol. The predicted molar refractivity (Wildman–Crippen MR) is 120 cm³/mol. The maximum absolute atomic E-state index is 12.0. The molecule has 0 aliphatic rings. The van der Waals surface area contributed by atoms with Gasteiger partial charge in [-0.1, -0.05) is 54.1 Å². The lowest BCUT2D eigenvalue weighted by atomic mass is 9.99. The molecule has 5 aromatic rings. The van der Waals surface area contributed by atoms with E-state index in [1.165, 1.54) is 0 Å². The number of hydrogen-bond acceptors (Lipinski definition) is 3. The Bertz CT molecular complexity index is 1370. The summed E-state index contributed by atoms with van der Waals surface area (Å²) >= 11 is 0. The molecule has 0 atom stereocenters. The summed E-state index contributed by atoms with van der Waals surface area (Å²) in [6.45, 7) is 2.07. The molecule has 3 aromatic carbocycles. The minimum absolute atomic E-state index is 0.638. The highest BCUT2D eigenvalue weighted by atomic mass is 16.1. The predicted octanol–water partition coefficient (Wildman–Crippen LogP) is 6.08. The van der Waals surface area contributed by atoms with E-state index in [4.69, 9.17) is 4.98 Å². The summed E-state index contributed by atoms with van der Waals surface area (Å²) in [5, 5.41) is 1.95. The van der Waals surface area contributed by atoms with Crippen LogP contribution in [0.4, 0.5) is 0 Å². The number of imidazole rings is 1. The molecule has 0 aliphatic carbocycles. The maximum Gasteiger partial charge on any atom is 0.151 e. The molecule has 30 heavy (non-hydrogen) atoms. The Kier molecular flexibility index (Phi) is 4.45. The third-order valence-corrected chi connectivity index (χ3v) is 5.31. The maximum atomic E-state index is 12.0. The van der Waals surface area contributed by atoms with Gasteiger partial charge in [0, 0.05) is 34.6 Å². The van der Waals surface area contributed by atoms with Crippen LogP contribution in [-0.4, -0.2) is 21.2 Å². The van der Waals surface area contributed by atoms with Crippen LogP contribution in [0.1, 0.15) is 15.9 Å². The van der Waals surface area contributed by atoms with Gasteiger partial charge in [-0.2, -0.15) is 0 Å². The Balaban J connectivity index is 1.77.